The first kappa shape index (κ1) is 20.3. The third-order valence-corrected chi connectivity index (χ3v) is 5.73. The number of benzene rings is 2. The van der Waals surface area contributed by atoms with Crippen molar-refractivity contribution in [1.29, 1.82) is 0 Å². The summed E-state index contributed by atoms with van der Waals surface area (Å²) in [5.41, 5.74) is -2.91. The summed E-state index contributed by atoms with van der Waals surface area (Å²) >= 11 is 5.18. The van der Waals surface area contributed by atoms with Crippen LogP contribution in [0.1, 0.15) is 22.0 Å². The number of ketones is 1. The van der Waals surface area contributed by atoms with Crippen molar-refractivity contribution in [2.24, 2.45) is 5.92 Å². The molecular weight excluding hydrogens is 389 g/mol. The van der Waals surface area contributed by atoms with Crippen molar-refractivity contribution in [2.75, 3.05) is 14.1 Å². The molecule has 0 saturated carbocycles. The molecule has 2 aromatic rings. The van der Waals surface area contributed by atoms with Crippen LogP contribution in [-0.2, 0) is 0 Å². The lowest BCUT2D eigenvalue weighted by molar-refractivity contribution is -0.324. The number of halogens is 3. The number of hydrogen-bond acceptors (Lipinski definition) is 3. The fourth-order valence-corrected chi connectivity index (χ4v) is 3.95. The van der Waals surface area contributed by atoms with E-state index in [1.54, 1.807) is 48.5 Å². The van der Waals surface area contributed by atoms with E-state index in [1.165, 1.54) is 24.1 Å². The molecule has 1 saturated heterocycles. The van der Waals surface area contributed by atoms with E-state index in [9.17, 15) is 23.1 Å². The molecule has 3 rings (SSSR count). The molecule has 8 heteroatoms. The number of carbonyl (C=O) groups excluding carboxylic acids is 1. The van der Waals surface area contributed by atoms with Gasteiger partial charge in [0.25, 0.3) is 5.72 Å². The Balaban J connectivity index is 2.26. The minimum Gasteiger partial charge on any atom is -0.363 e. The summed E-state index contributed by atoms with van der Waals surface area (Å²) in [6.45, 7) is 0. The molecule has 148 valence electrons. The largest absolute Gasteiger partial charge is 0.437 e. The van der Waals surface area contributed by atoms with Gasteiger partial charge in [-0.25, -0.2) is 0 Å². The summed E-state index contributed by atoms with van der Waals surface area (Å²) in [6.07, 6.45) is -5.12. The van der Waals surface area contributed by atoms with Gasteiger partial charge in [0.05, 0.1) is 6.04 Å². The van der Waals surface area contributed by atoms with Gasteiger partial charge in [0, 0.05) is 19.7 Å². The van der Waals surface area contributed by atoms with E-state index in [4.69, 9.17) is 12.2 Å². The molecule has 1 heterocycles. The predicted molar refractivity (Wildman–Crippen MR) is 103 cm³/mol. The van der Waals surface area contributed by atoms with Crippen LogP contribution in [0.15, 0.2) is 60.7 Å². The highest BCUT2D eigenvalue weighted by Crippen LogP contribution is 2.50. The summed E-state index contributed by atoms with van der Waals surface area (Å²) < 4.78 is 42.5. The number of carbonyl (C=O) groups is 1. The summed E-state index contributed by atoms with van der Waals surface area (Å²) in [5.74, 6) is -2.66. The van der Waals surface area contributed by atoms with E-state index in [2.05, 4.69) is 0 Å². The van der Waals surface area contributed by atoms with Gasteiger partial charge in [-0.05, 0) is 17.8 Å². The van der Waals surface area contributed by atoms with E-state index in [0.29, 0.717) is 10.5 Å². The number of aliphatic hydroxyl groups is 1. The molecule has 1 N–H and O–H groups in total. The van der Waals surface area contributed by atoms with Gasteiger partial charge in [-0.1, -0.05) is 60.7 Å². The van der Waals surface area contributed by atoms with Gasteiger partial charge in [0.1, 0.15) is 5.92 Å². The monoisotopic (exact) mass is 408 g/mol. The number of Topliss-reactive ketones (excluding diaryl/α,β-unsaturated/α-hetero) is 1. The predicted octanol–water partition coefficient (Wildman–Crippen LogP) is 3.64. The molecule has 2 aromatic carbocycles. The first-order valence-electron chi connectivity index (χ1n) is 8.54. The Bertz CT molecular complexity index is 876. The Kier molecular flexibility index (Phi) is 5.20. The standard InChI is InChI=1S/C20H19F3N2O2S/c1-24-16(13-9-5-3-6-10-13)15(17(26)14-11-7-4-8-12-14)19(27,20(21,22)23)25(2)18(24)28/h3-12,15-16,27H,1-2H3. The number of rotatable bonds is 3. The van der Waals surface area contributed by atoms with Gasteiger partial charge in [0.2, 0.25) is 0 Å². The first-order chi connectivity index (χ1) is 13.1. The van der Waals surface area contributed by atoms with Gasteiger partial charge in [-0.15, -0.1) is 0 Å². The minimum absolute atomic E-state index is 0.0886. The van der Waals surface area contributed by atoms with E-state index in [1.807, 2.05) is 0 Å². The fraction of sp³-hybridized carbons (Fsp3) is 0.300. The quantitative estimate of drug-likeness (QED) is 0.621. The molecule has 3 atom stereocenters. The highest BCUT2D eigenvalue weighted by atomic mass is 32.1. The number of alkyl halides is 3. The Morgan fingerprint density at radius 2 is 1.54 bits per heavy atom. The van der Waals surface area contributed by atoms with Crippen LogP contribution < -0.4 is 0 Å². The molecule has 0 spiro atoms. The molecule has 1 fully saturated rings. The highest BCUT2D eigenvalue weighted by Gasteiger charge is 2.69. The molecule has 3 unspecified atom stereocenters. The topological polar surface area (TPSA) is 43.8 Å². The van der Waals surface area contributed by atoms with E-state index in [0.717, 1.165) is 7.05 Å². The lowest BCUT2D eigenvalue weighted by Gasteiger charge is -2.54. The zero-order chi connectivity index (χ0) is 20.7. The Morgan fingerprint density at radius 3 is 2.04 bits per heavy atom. The van der Waals surface area contributed by atoms with Gasteiger partial charge < -0.3 is 14.9 Å². The molecule has 1 aliphatic heterocycles. The van der Waals surface area contributed by atoms with Crippen LogP contribution in [0, 0.1) is 5.92 Å². The number of hydrogen-bond donors (Lipinski definition) is 1. The van der Waals surface area contributed by atoms with Crippen LogP contribution in [0.4, 0.5) is 13.2 Å². The lowest BCUT2D eigenvalue weighted by atomic mass is 9.76. The van der Waals surface area contributed by atoms with Gasteiger partial charge >= 0.3 is 6.18 Å². The molecule has 0 radical (unpaired) electrons. The van der Waals surface area contributed by atoms with Crippen molar-refractivity contribution in [1.82, 2.24) is 9.80 Å². The van der Waals surface area contributed by atoms with Crippen LogP contribution in [0.5, 0.6) is 0 Å². The van der Waals surface area contributed by atoms with Gasteiger partial charge in [0.15, 0.2) is 10.9 Å². The number of thiocarbonyl (C=S) groups is 1. The van der Waals surface area contributed by atoms with Crippen molar-refractivity contribution >= 4 is 23.1 Å². The lowest BCUT2D eigenvalue weighted by Crippen LogP contribution is -2.72. The first-order valence-corrected chi connectivity index (χ1v) is 8.95. The van der Waals surface area contributed by atoms with Gasteiger partial charge in [-0.3, -0.25) is 4.79 Å². The molecule has 4 nitrogen and oxygen atoms in total. The second kappa shape index (κ2) is 7.18. The maximum Gasteiger partial charge on any atom is 0.437 e. The van der Waals surface area contributed by atoms with Crippen molar-refractivity contribution in [3.8, 4) is 0 Å². The van der Waals surface area contributed by atoms with Crippen LogP contribution >= 0.6 is 12.2 Å². The molecular formula is C20H19F3N2O2S. The van der Waals surface area contributed by atoms with Crippen LogP contribution in [-0.4, -0.2) is 51.8 Å². The van der Waals surface area contributed by atoms with E-state index in [-0.39, 0.29) is 10.7 Å². The normalized spacial score (nSPS) is 25.7. The smallest absolute Gasteiger partial charge is 0.363 e. The molecule has 0 amide bonds. The minimum atomic E-state index is -5.12. The maximum absolute atomic E-state index is 14.2. The summed E-state index contributed by atoms with van der Waals surface area (Å²) in [7, 11) is 2.58. The van der Waals surface area contributed by atoms with Crippen LogP contribution in [0.2, 0.25) is 0 Å². The average molecular weight is 408 g/mol. The summed E-state index contributed by atoms with van der Waals surface area (Å²) in [4.78, 5) is 15.3. The second-order valence-electron chi connectivity index (χ2n) is 6.74. The number of nitrogens with zero attached hydrogens (tertiary/aromatic N) is 2. The Hall–Kier alpha value is -2.45. The molecule has 0 bridgehead atoms. The van der Waals surface area contributed by atoms with Crippen molar-refractivity contribution < 1.29 is 23.1 Å². The van der Waals surface area contributed by atoms with Crippen molar-refractivity contribution in [3.63, 3.8) is 0 Å². The molecule has 0 aliphatic carbocycles. The zero-order valence-corrected chi connectivity index (χ0v) is 16.0. The fourth-order valence-electron chi connectivity index (χ4n) is 3.69. The second-order valence-corrected chi connectivity index (χ2v) is 7.11. The van der Waals surface area contributed by atoms with Crippen molar-refractivity contribution in [3.05, 3.63) is 71.8 Å². The van der Waals surface area contributed by atoms with Crippen LogP contribution in [0.25, 0.3) is 0 Å². The SMILES string of the molecule is CN1C(=S)N(C)C(O)(C(F)(F)F)C(C(=O)c2ccccc2)C1c1ccccc1. The van der Waals surface area contributed by atoms with Crippen molar-refractivity contribution in [2.45, 2.75) is 17.9 Å². The molecule has 28 heavy (non-hydrogen) atoms. The molecule has 0 aromatic heterocycles. The third kappa shape index (κ3) is 3.06. The maximum atomic E-state index is 14.2. The molecule has 1 aliphatic rings. The zero-order valence-electron chi connectivity index (χ0n) is 15.2. The average Bonchev–Trinajstić information content (AvgIpc) is 2.69. The van der Waals surface area contributed by atoms with Gasteiger partial charge in [-0.2, -0.15) is 13.2 Å². The summed E-state index contributed by atoms with van der Waals surface area (Å²) in [5, 5.41) is 10.8. The Morgan fingerprint density at radius 1 is 1.04 bits per heavy atom. The third-order valence-electron chi connectivity index (χ3n) is 5.17. The Labute approximate surface area is 166 Å². The van der Waals surface area contributed by atoms with E-state index < -0.39 is 29.6 Å². The summed E-state index contributed by atoms with van der Waals surface area (Å²) in [6, 6.07) is 14.9. The highest BCUT2D eigenvalue weighted by molar-refractivity contribution is 7.80. The van der Waals surface area contributed by atoms with Crippen LogP contribution in [0.3, 0.4) is 0 Å². The van der Waals surface area contributed by atoms with E-state index >= 15 is 0 Å².